The maximum Gasteiger partial charge on any atom is 0.0916 e. The van der Waals surface area contributed by atoms with Crippen molar-refractivity contribution < 1.29 is 9.13 Å². The van der Waals surface area contributed by atoms with Gasteiger partial charge in [-0.05, 0) is 38.3 Å². The lowest BCUT2D eigenvalue weighted by molar-refractivity contribution is 0.115. The molecule has 0 aromatic carbocycles. The van der Waals surface area contributed by atoms with E-state index in [4.69, 9.17) is 4.74 Å². The fourth-order valence-electron chi connectivity index (χ4n) is 1.47. The highest BCUT2D eigenvalue weighted by Crippen LogP contribution is 2.11. The minimum atomic E-state index is -0.259. The molecule has 1 N–H and O–H groups in total. The van der Waals surface area contributed by atoms with E-state index in [-0.39, 0.29) is 6.67 Å². The van der Waals surface area contributed by atoms with Crippen LogP contribution in [0.1, 0.15) is 19.3 Å². The lowest BCUT2D eigenvalue weighted by Gasteiger charge is -2.07. The van der Waals surface area contributed by atoms with Gasteiger partial charge in [0.15, 0.2) is 0 Å². The van der Waals surface area contributed by atoms with Crippen molar-refractivity contribution >= 4 is 0 Å². The first-order chi connectivity index (χ1) is 5.93. The topological polar surface area (TPSA) is 21.3 Å². The molecule has 1 heterocycles. The minimum absolute atomic E-state index is 0.259. The smallest absolute Gasteiger partial charge is 0.0916 e. The molecule has 2 nitrogen and oxygen atoms in total. The Morgan fingerprint density at radius 2 is 2.33 bits per heavy atom. The molecule has 0 spiro atoms. The van der Waals surface area contributed by atoms with Crippen LogP contribution in [0.5, 0.6) is 0 Å². The summed E-state index contributed by atoms with van der Waals surface area (Å²) in [6.07, 6.45) is 2.94. The van der Waals surface area contributed by atoms with Gasteiger partial charge in [0, 0.05) is 13.2 Å². The van der Waals surface area contributed by atoms with Crippen molar-refractivity contribution in [2.75, 3.05) is 33.0 Å². The maximum absolute atomic E-state index is 11.6. The highest BCUT2D eigenvalue weighted by atomic mass is 19.1. The molecule has 1 atom stereocenters. The zero-order valence-corrected chi connectivity index (χ0v) is 7.52. The number of rotatable bonds is 6. The van der Waals surface area contributed by atoms with Gasteiger partial charge in [0.1, 0.15) is 0 Å². The molecule has 0 aromatic rings. The van der Waals surface area contributed by atoms with E-state index in [2.05, 4.69) is 5.32 Å². The van der Waals surface area contributed by atoms with Crippen molar-refractivity contribution in [3.63, 3.8) is 0 Å². The average molecular weight is 175 g/mol. The summed E-state index contributed by atoms with van der Waals surface area (Å²) in [5.74, 6) is 0.787. The third-order valence-corrected chi connectivity index (χ3v) is 2.26. The van der Waals surface area contributed by atoms with E-state index in [1.807, 2.05) is 0 Å². The standard InChI is InChI=1S/C9H18FNO/c10-4-1-6-12-7-3-9-2-5-11-8-9/h9,11H,1-8H2. The lowest BCUT2D eigenvalue weighted by Crippen LogP contribution is -2.11. The Bertz CT molecular complexity index is 105. The van der Waals surface area contributed by atoms with Gasteiger partial charge in [-0.1, -0.05) is 0 Å². The van der Waals surface area contributed by atoms with Crippen molar-refractivity contribution in [3.05, 3.63) is 0 Å². The van der Waals surface area contributed by atoms with Crippen LogP contribution in [0.15, 0.2) is 0 Å². The molecular formula is C9H18FNO. The third kappa shape index (κ3) is 4.02. The predicted octanol–water partition coefficient (Wildman–Crippen LogP) is 1.36. The molecule has 3 heteroatoms. The SMILES string of the molecule is FCCCOCCC1CCNC1. The maximum atomic E-state index is 11.6. The van der Waals surface area contributed by atoms with Crippen molar-refractivity contribution in [1.82, 2.24) is 5.32 Å². The number of alkyl halides is 1. The van der Waals surface area contributed by atoms with Gasteiger partial charge in [-0.15, -0.1) is 0 Å². The minimum Gasteiger partial charge on any atom is -0.381 e. The van der Waals surface area contributed by atoms with E-state index in [0.29, 0.717) is 13.0 Å². The van der Waals surface area contributed by atoms with Gasteiger partial charge in [-0.3, -0.25) is 4.39 Å². The van der Waals surface area contributed by atoms with E-state index >= 15 is 0 Å². The molecule has 12 heavy (non-hydrogen) atoms. The van der Waals surface area contributed by atoms with E-state index in [0.717, 1.165) is 32.0 Å². The Labute approximate surface area is 73.5 Å². The van der Waals surface area contributed by atoms with E-state index in [1.54, 1.807) is 0 Å². The van der Waals surface area contributed by atoms with Crippen LogP contribution in [0, 0.1) is 5.92 Å². The average Bonchev–Trinajstić information content (AvgIpc) is 2.57. The summed E-state index contributed by atoms with van der Waals surface area (Å²) in [6, 6.07) is 0. The first-order valence-electron chi connectivity index (χ1n) is 4.78. The Morgan fingerprint density at radius 1 is 1.42 bits per heavy atom. The van der Waals surface area contributed by atoms with Crippen LogP contribution in [0.3, 0.4) is 0 Å². The molecule has 1 aliphatic heterocycles. The second-order valence-electron chi connectivity index (χ2n) is 3.30. The van der Waals surface area contributed by atoms with Crippen molar-refractivity contribution in [3.8, 4) is 0 Å². The molecule has 1 rings (SSSR count). The highest BCUT2D eigenvalue weighted by Gasteiger charge is 2.13. The number of hydrogen-bond donors (Lipinski definition) is 1. The van der Waals surface area contributed by atoms with E-state index < -0.39 is 0 Å². The van der Waals surface area contributed by atoms with Crippen molar-refractivity contribution in [2.45, 2.75) is 19.3 Å². The largest absolute Gasteiger partial charge is 0.381 e. The van der Waals surface area contributed by atoms with E-state index in [9.17, 15) is 4.39 Å². The monoisotopic (exact) mass is 175 g/mol. The van der Waals surface area contributed by atoms with Crippen LogP contribution in [0.25, 0.3) is 0 Å². The number of halogens is 1. The summed E-state index contributed by atoms with van der Waals surface area (Å²) in [7, 11) is 0. The van der Waals surface area contributed by atoms with Crippen molar-refractivity contribution in [1.29, 1.82) is 0 Å². The number of hydrogen-bond acceptors (Lipinski definition) is 2. The van der Waals surface area contributed by atoms with Gasteiger partial charge >= 0.3 is 0 Å². The fourth-order valence-corrected chi connectivity index (χ4v) is 1.47. The van der Waals surface area contributed by atoms with Gasteiger partial charge in [-0.2, -0.15) is 0 Å². The van der Waals surface area contributed by atoms with Crippen LogP contribution in [-0.2, 0) is 4.74 Å². The molecule has 0 aliphatic carbocycles. The fraction of sp³-hybridized carbons (Fsp3) is 1.00. The van der Waals surface area contributed by atoms with Gasteiger partial charge in [-0.25, -0.2) is 0 Å². The van der Waals surface area contributed by atoms with Gasteiger partial charge in [0.25, 0.3) is 0 Å². The second kappa shape index (κ2) is 6.38. The van der Waals surface area contributed by atoms with Crippen molar-refractivity contribution in [2.24, 2.45) is 5.92 Å². The Balaban J connectivity index is 1.81. The molecule has 1 saturated heterocycles. The number of ether oxygens (including phenoxy) is 1. The molecule has 1 aliphatic rings. The Morgan fingerprint density at radius 3 is 3.00 bits per heavy atom. The van der Waals surface area contributed by atoms with Gasteiger partial charge in [0.2, 0.25) is 0 Å². The second-order valence-corrected chi connectivity index (χ2v) is 3.30. The van der Waals surface area contributed by atoms with Crippen LogP contribution in [0.2, 0.25) is 0 Å². The molecule has 1 fully saturated rings. The summed E-state index contributed by atoms with van der Waals surface area (Å²) in [6.45, 7) is 3.40. The van der Waals surface area contributed by atoms with Crippen LogP contribution in [-0.4, -0.2) is 33.0 Å². The summed E-state index contributed by atoms with van der Waals surface area (Å²) < 4.78 is 16.9. The zero-order chi connectivity index (χ0) is 8.65. The first-order valence-corrected chi connectivity index (χ1v) is 4.78. The Hall–Kier alpha value is -0.150. The highest BCUT2D eigenvalue weighted by molar-refractivity contribution is 4.70. The molecule has 0 radical (unpaired) electrons. The quantitative estimate of drug-likeness (QED) is 0.615. The molecular weight excluding hydrogens is 157 g/mol. The van der Waals surface area contributed by atoms with Gasteiger partial charge < -0.3 is 10.1 Å². The molecule has 0 bridgehead atoms. The number of nitrogens with one attached hydrogen (secondary N) is 1. The molecule has 72 valence electrons. The molecule has 0 amide bonds. The molecule has 0 aromatic heterocycles. The summed E-state index contributed by atoms with van der Waals surface area (Å²) in [4.78, 5) is 0. The summed E-state index contributed by atoms with van der Waals surface area (Å²) in [5, 5.41) is 3.31. The Kier molecular flexibility index (Phi) is 5.28. The normalized spacial score (nSPS) is 23.2. The van der Waals surface area contributed by atoms with Crippen LogP contribution < -0.4 is 5.32 Å². The predicted molar refractivity (Wildman–Crippen MR) is 47.0 cm³/mol. The first kappa shape index (κ1) is 9.93. The molecule has 1 unspecified atom stereocenters. The summed E-state index contributed by atoms with van der Waals surface area (Å²) in [5.41, 5.74) is 0. The van der Waals surface area contributed by atoms with Gasteiger partial charge in [0.05, 0.1) is 6.67 Å². The van der Waals surface area contributed by atoms with Crippen LogP contribution >= 0.6 is 0 Å². The molecule has 0 saturated carbocycles. The zero-order valence-electron chi connectivity index (χ0n) is 7.52. The van der Waals surface area contributed by atoms with E-state index in [1.165, 1.54) is 6.42 Å². The van der Waals surface area contributed by atoms with Crippen LogP contribution in [0.4, 0.5) is 4.39 Å². The summed E-state index contributed by atoms with van der Waals surface area (Å²) >= 11 is 0. The lowest BCUT2D eigenvalue weighted by atomic mass is 10.1. The third-order valence-electron chi connectivity index (χ3n) is 2.26.